The molecule has 0 nitrogen and oxygen atoms in total. The van der Waals surface area contributed by atoms with Gasteiger partial charge in [0.1, 0.15) is 0 Å². The average molecular weight is 298 g/mol. The predicted octanol–water partition coefficient (Wildman–Crippen LogP) is 2.32. The van der Waals surface area contributed by atoms with E-state index >= 15 is 0 Å². The number of rotatable bonds is 2. The Morgan fingerprint density at radius 1 is 0.667 bits per heavy atom. The van der Waals surface area contributed by atoms with E-state index in [1.54, 1.807) is 0 Å². The molecule has 0 aromatic heterocycles. The number of benzene rings is 2. The molecular weight excluding hydrogens is 286 g/mol. The molecule has 0 atom stereocenters. The Morgan fingerprint density at radius 3 is 1.33 bits per heavy atom. The Bertz CT molecular complexity index is 386. The molecule has 3 heteroatoms. The van der Waals surface area contributed by atoms with Crippen molar-refractivity contribution in [2.24, 2.45) is 0 Å². The quantitative estimate of drug-likeness (QED) is 0.589. The van der Waals surface area contributed by atoms with Gasteiger partial charge in [0.2, 0.25) is 0 Å². The summed E-state index contributed by atoms with van der Waals surface area (Å²) in [6, 6.07) is 21.2. The van der Waals surface area contributed by atoms with Crippen LogP contribution in [0, 0.1) is 0 Å². The van der Waals surface area contributed by atoms with Crippen molar-refractivity contribution in [3.8, 4) is 0 Å². The fourth-order valence-corrected chi connectivity index (χ4v) is 3.99. The van der Waals surface area contributed by atoms with Gasteiger partial charge in [0.25, 0.3) is 0 Å². The van der Waals surface area contributed by atoms with Crippen LogP contribution in [0.5, 0.6) is 0 Å². The summed E-state index contributed by atoms with van der Waals surface area (Å²) in [5.41, 5.74) is 0. The molecule has 0 heterocycles. The maximum absolute atomic E-state index is 3.27. The Morgan fingerprint density at radius 2 is 1.00 bits per heavy atom. The normalized spacial score (nSPS) is 9.07. The van der Waals surface area contributed by atoms with Crippen molar-refractivity contribution in [2.75, 3.05) is 0 Å². The van der Waals surface area contributed by atoms with Gasteiger partial charge in [-0.05, 0) is 0 Å². The van der Waals surface area contributed by atoms with Crippen LogP contribution < -0.4 is 10.6 Å². The van der Waals surface area contributed by atoms with Crippen LogP contribution in [0.15, 0.2) is 60.7 Å². The molecule has 0 radical (unpaired) electrons. The third-order valence-electron chi connectivity index (χ3n) is 1.98. The van der Waals surface area contributed by atoms with Crippen LogP contribution in [0.25, 0.3) is 0 Å². The van der Waals surface area contributed by atoms with Gasteiger partial charge in [-0.2, -0.15) is 13.5 Å². The molecule has 0 aliphatic carbocycles. The van der Waals surface area contributed by atoms with Gasteiger partial charge in [-0.1, -0.05) is 0 Å². The van der Waals surface area contributed by atoms with E-state index in [9.17, 15) is 0 Å². The zero-order chi connectivity index (χ0) is 9.80. The van der Waals surface area contributed by atoms with Crippen molar-refractivity contribution in [1.82, 2.24) is 0 Å². The van der Waals surface area contributed by atoms with E-state index in [2.05, 4.69) is 75.8 Å². The van der Waals surface area contributed by atoms with Gasteiger partial charge in [0, 0.05) is 0 Å². The first-order chi connectivity index (χ1) is 6.88. The molecule has 0 aliphatic heterocycles. The molecule has 0 saturated heterocycles. The molecule has 0 saturated carbocycles. The van der Waals surface area contributed by atoms with Gasteiger partial charge in [-0.15, -0.1) is 0 Å². The van der Waals surface area contributed by atoms with Crippen LogP contribution in [0.4, 0.5) is 0 Å². The van der Waals surface area contributed by atoms with E-state index in [0.29, 0.717) is 0 Å². The third kappa shape index (κ3) is 3.29. The van der Waals surface area contributed by atoms with E-state index in [4.69, 9.17) is 0 Å². The molecule has 0 unspecified atom stereocenters. The third-order valence-corrected chi connectivity index (χ3v) is 6.17. The first kappa shape index (κ1) is 12.7. The SMILES string of the molecule is S.[Se]=[P+](c1ccccc1)c1ccccc1. The molecule has 0 N–H and O–H groups in total. The fourth-order valence-electron chi connectivity index (χ4n) is 1.28. The van der Waals surface area contributed by atoms with Crippen LogP contribution in [-0.2, 0) is 0 Å². The van der Waals surface area contributed by atoms with E-state index in [0.717, 1.165) is 0 Å². The average Bonchev–Trinajstić information content (AvgIpc) is 2.30. The van der Waals surface area contributed by atoms with Gasteiger partial charge < -0.3 is 0 Å². The second-order valence-corrected chi connectivity index (χ2v) is 6.89. The standard InChI is InChI=1S/C12H10PSe.H2S/c14-13(11-7-3-1-4-8-11)12-9-5-2-6-10-12;/h1-10H;1H2/q+1;. The van der Waals surface area contributed by atoms with Crippen molar-refractivity contribution >= 4 is 45.4 Å². The molecule has 0 bridgehead atoms. The monoisotopic (exact) mass is 299 g/mol. The first-order valence-electron chi connectivity index (χ1n) is 4.45. The summed E-state index contributed by atoms with van der Waals surface area (Å²) in [7, 11) is 0. The minimum absolute atomic E-state index is 0. The zero-order valence-electron chi connectivity index (χ0n) is 8.13. The molecule has 0 amide bonds. The second kappa shape index (κ2) is 6.25. The summed E-state index contributed by atoms with van der Waals surface area (Å²) in [4.78, 5) is 0. The minimum atomic E-state index is -0.296. The van der Waals surface area contributed by atoms with Gasteiger partial charge in [0.15, 0.2) is 0 Å². The van der Waals surface area contributed by atoms with Crippen LogP contribution in [0.3, 0.4) is 0 Å². The van der Waals surface area contributed by atoms with Crippen molar-refractivity contribution in [3.05, 3.63) is 60.7 Å². The van der Waals surface area contributed by atoms with E-state index in [1.165, 1.54) is 10.6 Å². The van der Waals surface area contributed by atoms with Crippen LogP contribution >= 0.6 is 19.7 Å². The van der Waals surface area contributed by atoms with Crippen molar-refractivity contribution in [2.45, 2.75) is 0 Å². The van der Waals surface area contributed by atoms with Crippen LogP contribution in [-0.4, -0.2) is 15.1 Å². The molecule has 76 valence electrons. The Labute approximate surface area is 106 Å². The molecule has 0 aliphatic rings. The van der Waals surface area contributed by atoms with Gasteiger partial charge in [-0.3, -0.25) is 0 Å². The summed E-state index contributed by atoms with van der Waals surface area (Å²) in [6.07, 6.45) is -0.296. The summed E-state index contributed by atoms with van der Waals surface area (Å²) in [5, 5.41) is 2.77. The van der Waals surface area contributed by atoms with Crippen LogP contribution in [0.2, 0.25) is 0 Å². The summed E-state index contributed by atoms with van der Waals surface area (Å²) >= 11 is 3.27. The summed E-state index contributed by atoms with van der Waals surface area (Å²) in [6.45, 7) is 0. The van der Waals surface area contributed by atoms with Crippen LogP contribution in [0.1, 0.15) is 0 Å². The molecule has 2 rings (SSSR count). The predicted molar refractivity (Wildman–Crippen MR) is 75.2 cm³/mol. The Kier molecular flexibility index (Phi) is 5.28. The second-order valence-electron chi connectivity index (χ2n) is 2.97. The van der Waals surface area contributed by atoms with Crippen molar-refractivity contribution < 1.29 is 0 Å². The first-order valence-corrected chi connectivity index (χ1v) is 8.01. The number of hydrogen-bond donors (Lipinski definition) is 0. The molecular formula is C12H12PSSe+. The van der Waals surface area contributed by atoms with Gasteiger partial charge in [-0.25, -0.2) is 0 Å². The topological polar surface area (TPSA) is 0 Å². The summed E-state index contributed by atoms with van der Waals surface area (Å²) < 4.78 is 0. The van der Waals surface area contributed by atoms with E-state index in [-0.39, 0.29) is 19.7 Å². The molecule has 2 aromatic rings. The molecule has 15 heavy (non-hydrogen) atoms. The molecule has 2 aromatic carbocycles. The van der Waals surface area contributed by atoms with Gasteiger partial charge in [0.05, 0.1) is 0 Å². The fraction of sp³-hybridized carbons (Fsp3) is 0. The van der Waals surface area contributed by atoms with Crippen molar-refractivity contribution in [1.29, 1.82) is 0 Å². The maximum atomic E-state index is 3.27. The molecule has 0 fully saturated rings. The zero-order valence-corrected chi connectivity index (χ0v) is 11.7. The van der Waals surface area contributed by atoms with E-state index in [1.807, 2.05) is 0 Å². The van der Waals surface area contributed by atoms with Gasteiger partial charge >= 0.3 is 92.5 Å². The van der Waals surface area contributed by atoms with E-state index < -0.39 is 0 Å². The molecule has 0 spiro atoms. The summed E-state index contributed by atoms with van der Waals surface area (Å²) in [5.74, 6) is 0. The Hall–Kier alpha value is -0.391. The Balaban J connectivity index is 0.00000112. The van der Waals surface area contributed by atoms with Crippen molar-refractivity contribution in [3.63, 3.8) is 0 Å². The number of hydrogen-bond acceptors (Lipinski definition) is 0.